The molecule has 0 radical (unpaired) electrons. The van der Waals surface area contributed by atoms with Crippen molar-refractivity contribution >= 4 is 17.3 Å². The van der Waals surface area contributed by atoms with E-state index in [4.69, 9.17) is 9.47 Å². The minimum Gasteiger partial charge on any atom is -0.493 e. The number of hydrogen-bond donors (Lipinski definition) is 1. The number of aryl methyl sites for hydroxylation is 1. The maximum absolute atomic E-state index is 12.4. The molecule has 27 heavy (non-hydrogen) atoms. The fourth-order valence-corrected chi connectivity index (χ4v) is 3.38. The quantitative estimate of drug-likeness (QED) is 0.849. The second-order valence-corrected chi connectivity index (χ2v) is 6.67. The van der Waals surface area contributed by atoms with Gasteiger partial charge in [-0.1, -0.05) is 18.2 Å². The molecule has 0 atom stereocenters. The third-order valence-electron chi connectivity index (χ3n) is 4.86. The third kappa shape index (κ3) is 4.71. The van der Waals surface area contributed by atoms with Crippen molar-refractivity contribution in [2.24, 2.45) is 0 Å². The van der Waals surface area contributed by atoms with Crippen LogP contribution in [0, 0.1) is 6.92 Å². The molecule has 0 aliphatic carbocycles. The number of piperazine rings is 1. The van der Waals surface area contributed by atoms with Gasteiger partial charge in [0.05, 0.1) is 20.8 Å². The Balaban J connectivity index is 1.52. The van der Waals surface area contributed by atoms with Crippen molar-refractivity contribution in [2.75, 3.05) is 57.2 Å². The van der Waals surface area contributed by atoms with E-state index in [9.17, 15) is 4.79 Å². The number of ether oxygens (including phenoxy) is 2. The van der Waals surface area contributed by atoms with E-state index >= 15 is 0 Å². The Bertz CT molecular complexity index is 786. The second kappa shape index (κ2) is 8.77. The SMILES string of the molecule is COc1ccc(NC(=O)CN2CCN(c3ccccc3C)CC2)cc1OC. The van der Waals surface area contributed by atoms with Crippen LogP contribution in [0.3, 0.4) is 0 Å². The molecule has 2 aromatic carbocycles. The lowest BCUT2D eigenvalue weighted by molar-refractivity contribution is -0.117. The van der Waals surface area contributed by atoms with Crippen LogP contribution in [0.15, 0.2) is 42.5 Å². The van der Waals surface area contributed by atoms with Gasteiger partial charge in [0.25, 0.3) is 0 Å². The highest BCUT2D eigenvalue weighted by atomic mass is 16.5. The number of para-hydroxylation sites is 1. The molecule has 1 aliphatic rings. The molecule has 144 valence electrons. The summed E-state index contributed by atoms with van der Waals surface area (Å²) in [5.41, 5.74) is 3.28. The maximum Gasteiger partial charge on any atom is 0.238 e. The largest absolute Gasteiger partial charge is 0.493 e. The molecule has 1 aliphatic heterocycles. The number of benzene rings is 2. The molecule has 3 rings (SSSR count). The lowest BCUT2D eigenvalue weighted by Gasteiger charge is -2.36. The van der Waals surface area contributed by atoms with Crippen LogP contribution in [0.25, 0.3) is 0 Å². The Morgan fingerprint density at radius 3 is 2.37 bits per heavy atom. The second-order valence-electron chi connectivity index (χ2n) is 6.67. The van der Waals surface area contributed by atoms with E-state index in [0.717, 1.165) is 26.2 Å². The van der Waals surface area contributed by atoms with Crippen LogP contribution >= 0.6 is 0 Å². The molecule has 0 saturated carbocycles. The molecule has 1 saturated heterocycles. The summed E-state index contributed by atoms with van der Waals surface area (Å²) in [6.07, 6.45) is 0. The summed E-state index contributed by atoms with van der Waals surface area (Å²) < 4.78 is 10.5. The van der Waals surface area contributed by atoms with E-state index in [1.807, 2.05) is 6.07 Å². The summed E-state index contributed by atoms with van der Waals surface area (Å²) in [7, 11) is 3.17. The van der Waals surface area contributed by atoms with Gasteiger partial charge in [0.2, 0.25) is 5.91 Å². The van der Waals surface area contributed by atoms with E-state index in [0.29, 0.717) is 23.7 Å². The average Bonchev–Trinajstić information content (AvgIpc) is 2.69. The van der Waals surface area contributed by atoms with Crippen LogP contribution in [0.2, 0.25) is 0 Å². The minimum atomic E-state index is -0.0217. The smallest absolute Gasteiger partial charge is 0.238 e. The topological polar surface area (TPSA) is 54.0 Å². The summed E-state index contributed by atoms with van der Waals surface area (Å²) in [6.45, 7) is 6.11. The first-order chi connectivity index (χ1) is 13.1. The van der Waals surface area contributed by atoms with Crippen molar-refractivity contribution in [1.82, 2.24) is 4.90 Å². The van der Waals surface area contributed by atoms with Gasteiger partial charge in [-0.25, -0.2) is 0 Å². The normalized spacial score (nSPS) is 14.7. The highest BCUT2D eigenvalue weighted by molar-refractivity contribution is 5.92. The van der Waals surface area contributed by atoms with E-state index in [2.05, 4.69) is 46.3 Å². The first-order valence-corrected chi connectivity index (χ1v) is 9.15. The summed E-state index contributed by atoms with van der Waals surface area (Å²) >= 11 is 0. The zero-order chi connectivity index (χ0) is 19.2. The third-order valence-corrected chi connectivity index (χ3v) is 4.86. The molecule has 1 amide bonds. The Morgan fingerprint density at radius 1 is 1.00 bits per heavy atom. The molecular formula is C21H27N3O3. The fourth-order valence-electron chi connectivity index (χ4n) is 3.38. The molecule has 1 fully saturated rings. The molecule has 2 aromatic rings. The Hall–Kier alpha value is -2.73. The number of anilines is 2. The molecule has 6 heteroatoms. The Kier molecular flexibility index (Phi) is 6.19. The van der Waals surface area contributed by atoms with Crippen LogP contribution in [0.5, 0.6) is 11.5 Å². The Morgan fingerprint density at radius 2 is 1.70 bits per heavy atom. The number of rotatable bonds is 6. The number of nitrogens with one attached hydrogen (secondary N) is 1. The van der Waals surface area contributed by atoms with Crippen molar-refractivity contribution in [3.05, 3.63) is 48.0 Å². The first-order valence-electron chi connectivity index (χ1n) is 9.15. The van der Waals surface area contributed by atoms with E-state index in [-0.39, 0.29) is 5.91 Å². The number of carbonyl (C=O) groups excluding carboxylic acids is 1. The highest BCUT2D eigenvalue weighted by Crippen LogP contribution is 2.29. The number of methoxy groups -OCH3 is 2. The monoisotopic (exact) mass is 369 g/mol. The lowest BCUT2D eigenvalue weighted by atomic mass is 10.1. The van der Waals surface area contributed by atoms with Gasteiger partial charge in [0.15, 0.2) is 11.5 Å². The van der Waals surface area contributed by atoms with Crippen molar-refractivity contribution in [3.8, 4) is 11.5 Å². The lowest BCUT2D eigenvalue weighted by Crippen LogP contribution is -2.48. The van der Waals surface area contributed by atoms with Crippen molar-refractivity contribution in [2.45, 2.75) is 6.92 Å². The van der Waals surface area contributed by atoms with Gasteiger partial charge in [0, 0.05) is 43.6 Å². The summed E-state index contributed by atoms with van der Waals surface area (Å²) in [4.78, 5) is 17.0. The van der Waals surface area contributed by atoms with Gasteiger partial charge >= 0.3 is 0 Å². The van der Waals surface area contributed by atoms with Gasteiger partial charge in [0.1, 0.15) is 0 Å². The van der Waals surface area contributed by atoms with Crippen LogP contribution in [-0.2, 0) is 4.79 Å². The molecule has 0 unspecified atom stereocenters. The Labute approximate surface area is 160 Å². The van der Waals surface area contributed by atoms with Crippen LogP contribution < -0.4 is 19.7 Å². The van der Waals surface area contributed by atoms with Crippen LogP contribution in [-0.4, -0.2) is 57.8 Å². The van der Waals surface area contributed by atoms with E-state index < -0.39 is 0 Å². The van der Waals surface area contributed by atoms with Gasteiger partial charge < -0.3 is 19.7 Å². The standard InChI is InChI=1S/C21H27N3O3/c1-16-6-4-5-7-18(16)24-12-10-23(11-13-24)15-21(25)22-17-8-9-19(26-2)20(14-17)27-3/h4-9,14H,10-13,15H2,1-3H3,(H,22,25). The molecule has 1 heterocycles. The summed E-state index contributed by atoms with van der Waals surface area (Å²) in [5, 5.41) is 2.94. The van der Waals surface area contributed by atoms with Gasteiger partial charge in [-0.2, -0.15) is 0 Å². The van der Waals surface area contributed by atoms with Crippen LogP contribution in [0.1, 0.15) is 5.56 Å². The van der Waals surface area contributed by atoms with E-state index in [1.165, 1.54) is 11.3 Å². The zero-order valence-corrected chi connectivity index (χ0v) is 16.2. The van der Waals surface area contributed by atoms with Crippen molar-refractivity contribution < 1.29 is 14.3 Å². The van der Waals surface area contributed by atoms with Crippen LogP contribution in [0.4, 0.5) is 11.4 Å². The fraction of sp³-hybridized carbons (Fsp3) is 0.381. The molecule has 0 bridgehead atoms. The predicted molar refractivity (Wildman–Crippen MR) is 108 cm³/mol. The molecule has 6 nitrogen and oxygen atoms in total. The minimum absolute atomic E-state index is 0.0217. The van der Waals surface area contributed by atoms with Crippen molar-refractivity contribution in [3.63, 3.8) is 0 Å². The van der Waals surface area contributed by atoms with Gasteiger partial charge in [-0.3, -0.25) is 9.69 Å². The van der Waals surface area contributed by atoms with Gasteiger partial charge in [-0.15, -0.1) is 0 Å². The number of nitrogens with zero attached hydrogens (tertiary/aromatic N) is 2. The molecule has 0 spiro atoms. The maximum atomic E-state index is 12.4. The van der Waals surface area contributed by atoms with E-state index in [1.54, 1.807) is 26.4 Å². The number of amides is 1. The number of carbonyl (C=O) groups is 1. The average molecular weight is 369 g/mol. The predicted octanol–water partition coefficient (Wildman–Crippen LogP) is 2.77. The molecular weight excluding hydrogens is 342 g/mol. The zero-order valence-electron chi connectivity index (χ0n) is 16.2. The highest BCUT2D eigenvalue weighted by Gasteiger charge is 2.20. The first kappa shape index (κ1) is 19.0. The molecule has 0 aromatic heterocycles. The molecule has 1 N–H and O–H groups in total. The summed E-state index contributed by atoms with van der Waals surface area (Å²) in [5.74, 6) is 1.22. The summed E-state index contributed by atoms with van der Waals surface area (Å²) in [6, 6.07) is 13.8. The van der Waals surface area contributed by atoms with Gasteiger partial charge in [-0.05, 0) is 30.7 Å². The number of hydrogen-bond acceptors (Lipinski definition) is 5. The van der Waals surface area contributed by atoms with Crippen molar-refractivity contribution in [1.29, 1.82) is 0 Å².